The monoisotopic (exact) mass is 312 g/mol. The van der Waals surface area contributed by atoms with Gasteiger partial charge in [-0.2, -0.15) is 0 Å². The Labute approximate surface area is 126 Å². The Kier molecular flexibility index (Phi) is 7.45. The minimum absolute atomic E-state index is 0.196. The van der Waals surface area contributed by atoms with Crippen LogP contribution in [-0.4, -0.2) is 39.4 Å². The molecule has 0 bridgehead atoms. The summed E-state index contributed by atoms with van der Waals surface area (Å²) in [7, 11) is -0.938. The van der Waals surface area contributed by atoms with Crippen molar-refractivity contribution >= 4 is 22.8 Å². The van der Waals surface area contributed by atoms with Crippen molar-refractivity contribution in [3.05, 3.63) is 35.9 Å². The molecule has 7 heteroatoms. The number of carboxylic acids is 1. The van der Waals surface area contributed by atoms with Crippen LogP contribution in [0.2, 0.25) is 0 Å². The summed E-state index contributed by atoms with van der Waals surface area (Å²) in [5, 5.41) is 14.1. The fraction of sp³-hybridized carbons (Fsp3) is 0.429. The van der Waals surface area contributed by atoms with Gasteiger partial charge in [-0.3, -0.25) is 9.00 Å². The number of aliphatic carboxylic acids is 1. The first-order valence-electron chi connectivity index (χ1n) is 6.69. The summed E-state index contributed by atoms with van der Waals surface area (Å²) in [6.07, 6.45) is -0.196. The molecule has 0 heterocycles. The maximum Gasteiger partial charge on any atom is 0.315 e. The van der Waals surface area contributed by atoms with E-state index in [1.807, 2.05) is 13.0 Å². The number of carbonyl (C=O) groups is 2. The average Bonchev–Trinajstić information content (AvgIpc) is 2.46. The molecule has 1 rings (SSSR count). The van der Waals surface area contributed by atoms with Crippen LogP contribution in [0.1, 0.15) is 24.9 Å². The van der Waals surface area contributed by atoms with Crippen molar-refractivity contribution in [3.63, 3.8) is 0 Å². The zero-order valence-electron chi connectivity index (χ0n) is 11.9. The lowest BCUT2D eigenvalue weighted by Crippen LogP contribution is -2.40. The van der Waals surface area contributed by atoms with Gasteiger partial charge in [-0.1, -0.05) is 37.3 Å². The molecular weight excluding hydrogens is 292 g/mol. The van der Waals surface area contributed by atoms with Crippen molar-refractivity contribution < 1.29 is 18.9 Å². The normalized spacial score (nSPS) is 13.2. The molecule has 21 heavy (non-hydrogen) atoms. The molecule has 0 aromatic heterocycles. The summed E-state index contributed by atoms with van der Waals surface area (Å²) in [4.78, 5) is 22.7. The van der Waals surface area contributed by atoms with E-state index < -0.39 is 28.8 Å². The van der Waals surface area contributed by atoms with E-state index >= 15 is 0 Å². The van der Waals surface area contributed by atoms with Crippen molar-refractivity contribution in [2.45, 2.75) is 19.4 Å². The van der Waals surface area contributed by atoms with Crippen molar-refractivity contribution in [2.24, 2.45) is 0 Å². The Morgan fingerprint density at radius 1 is 1.29 bits per heavy atom. The highest BCUT2D eigenvalue weighted by Crippen LogP contribution is 2.16. The Morgan fingerprint density at radius 2 is 1.95 bits per heavy atom. The second kappa shape index (κ2) is 9.12. The minimum atomic E-state index is -0.990. The minimum Gasteiger partial charge on any atom is -0.481 e. The van der Waals surface area contributed by atoms with E-state index in [0.717, 1.165) is 5.56 Å². The molecule has 0 fully saturated rings. The van der Waals surface area contributed by atoms with Gasteiger partial charge in [0.15, 0.2) is 0 Å². The molecule has 1 aromatic rings. The smallest absolute Gasteiger partial charge is 0.315 e. The lowest BCUT2D eigenvalue weighted by molar-refractivity contribution is -0.137. The molecule has 0 saturated carbocycles. The van der Waals surface area contributed by atoms with Crippen LogP contribution in [0, 0.1) is 0 Å². The molecule has 1 aromatic carbocycles. The Morgan fingerprint density at radius 3 is 2.52 bits per heavy atom. The zero-order valence-corrected chi connectivity index (χ0v) is 12.7. The third-order valence-electron chi connectivity index (χ3n) is 2.82. The molecule has 0 aliphatic rings. The highest BCUT2D eigenvalue weighted by Gasteiger charge is 2.17. The number of carboxylic acid groups (broad SMARTS) is 1. The fourth-order valence-corrected chi connectivity index (χ4v) is 2.36. The number of urea groups is 1. The molecule has 0 spiro atoms. The zero-order chi connectivity index (χ0) is 15.7. The van der Waals surface area contributed by atoms with Crippen LogP contribution in [0.3, 0.4) is 0 Å². The van der Waals surface area contributed by atoms with Gasteiger partial charge >= 0.3 is 12.0 Å². The number of rotatable bonds is 8. The summed E-state index contributed by atoms with van der Waals surface area (Å²) in [5.41, 5.74) is 0.729. The van der Waals surface area contributed by atoms with Gasteiger partial charge in [0.25, 0.3) is 0 Å². The van der Waals surface area contributed by atoms with E-state index in [-0.39, 0.29) is 6.42 Å². The third-order valence-corrected chi connectivity index (χ3v) is 4.13. The summed E-state index contributed by atoms with van der Waals surface area (Å²) < 4.78 is 11.2. The van der Waals surface area contributed by atoms with Crippen LogP contribution in [0.5, 0.6) is 0 Å². The average molecular weight is 312 g/mol. The maximum atomic E-state index is 11.8. The molecule has 2 atom stereocenters. The molecular formula is C14H20N2O4S. The second-order valence-corrected chi connectivity index (χ2v) is 6.26. The molecule has 6 nitrogen and oxygen atoms in total. The summed E-state index contributed by atoms with van der Waals surface area (Å²) in [6, 6.07) is 7.86. The van der Waals surface area contributed by atoms with Gasteiger partial charge in [-0.15, -0.1) is 0 Å². The first-order chi connectivity index (χ1) is 10.0. The van der Waals surface area contributed by atoms with Crippen LogP contribution in [0.25, 0.3) is 0 Å². The molecule has 0 aliphatic heterocycles. The predicted molar refractivity (Wildman–Crippen MR) is 81.5 cm³/mol. The summed E-state index contributed by atoms with van der Waals surface area (Å²) in [6.45, 7) is 2.11. The van der Waals surface area contributed by atoms with Crippen LogP contribution in [0.4, 0.5) is 4.79 Å². The van der Waals surface area contributed by atoms with Crippen molar-refractivity contribution in [1.82, 2.24) is 10.6 Å². The fourth-order valence-electron chi connectivity index (χ4n) is 1.74. The van der Waals surface area contributed by atoms with E-state index in [1.54, 1.807) is 24.3 Å². The van der Waals surface area contributed by atoms with E-state index in [1.165, 1.54) is 0 Å². The van der Waals surface area contributed by atoms with Gasteiger partial charge < -0.3 is 15.7 Å². The van der Waals surface area contributed by atoms with Gasteiger partial charge in [0.1, 0.15) is 0 Å². The lowest BCUT2D eigenvalue weighted by Gasteiger charge is -2.17. The summed E-state index contributed by atoms with van der Waals surface area (Å²) in [5.74, 6) is -0.0513. The first-order valence-corrected chi connectivity index (χ1v) is 8.17. The van der Waals surface area contributed by atoms with Crippen molar-refractivity contribution in [2.75, 3.05) is 18.1 Å². The van der Waals surface area contributed by atoms with Gasteiger partial charge in [0.2, 0.25) is 0 Å². The van der Waals surface area contributed by atoms with Crippen molar-refractivity contribution in [3.8, 4) is 0 Å². The number of benzene rings is 1. The number of amides is 2. The van der Waals surface area contributed by atoms with Crippen molar-refractivity contribution in [1.29, 1.82) is 0 Å². The highest BCUT2D eigenvalue weighted by molar-refractivity contribution is 7.84. The molecule has 0 saturated heterocycles. The third kappa shape index (κ3) is 6.89. The quantitative estimate of drug-likeness (QED) is 0.673. The van der Waals surface area contributed by atoms with Crippen LogP contribution in [0.15, 0.2) is 30.3 Å². The molecule has 2 unspecified atom stereocenters. The topological polar surface area (TPSA) is 95.5 Å². The largest absolute Gasteiger partial charge is 0.481 e. The van der Waals surface area contributed by atoms with Gasteiger partial charge in [0, 0.05) is 28.9 Å². The predicted octanol–water partition coefficient (Wildman–Crippen LogP) is 1.27. The maximum absolute atomic E-state index is 11.8. The van der Waals surface area contributed by atoms with Gasteiger partial charge in [-0.05, 0) is 5.56 Å². The van der Waals surface area contributed by atoms with Gasteiger partial charge in [-0.25, -0.2) is 4.79 Å². The molecule has 116 valence electrons. The first kappa shape index (κ1) is 17.2. The van der Waals surface area contributed by atoms with E-state index in [4.69, 9.17) is 5.11 Å². The van der Waals surface area contributed by atoms with Crippen LogP contribution >= 0.6 is 0 Å². The van der Waals surface area contributed by atoms with E-state index in [0.29, 0.717) is 18.1 Å². The van der Waals surface area contributed by atoms with E-state index in [2.05, 4.69) is 10.6 Å². The number of hydrogen-bond acceptors (Lipinski definition) is 3. The highest BCUT2D eigenvalue weighted by atomic mass is 32.2. The van der Waals surface area contributed by atoms with Gasteiger partial charge in [0.05, 0.1) is 12.5 Å². The number of carbonyl (C=O) groups excluding carboxylic acids is 1. The number of nitrogens with one attached hydrogen (secondary N) is 2. The Bertz CT molecular complexity index is 493. The second-order valence-electron chi connectivity index (χ2n) is 4.39. The van der Waals surface area contributed by atoms with Crippen LogP contribution in [-0.2, 0) is 15.6 Å². The standard InChI is InChI=1S/C14H20N2O4S/c1-2-21(20)9-8-15-14(19)16-12(10-13(17)18)11-6-4-3-5-7-11/h3-7,12H,2,8-10H2,1H3,(H,17,18)(H2,15,16,19). The van der Waals surface area contributed by atoms with Crippen LogP contribution < -0.4 is 10.6 Å². The number of hydrogen-bond donors (Lipinski definition) is 3. The summed E-state index contributed by atoms with van der Waals surface area (Å²) >= 11 is 0. The molecule has 3 N–H and O–H groups in total. The Balaban J connectivity index is 2.55. The van der Waals surface area contributed by atoms with E-state index in [9.17, 15) is 13.8 Å². The molecule has 2 amide bonds. The molecule has 0 radical (unpaired) electrons. The lowest BCUT2D eigenvalue weighted by atomic mass is 10.0. The molecule has 0 aliphatic carbocycles. The SMILES string of the molecule is CCS(=O)CCNC(=O)NC(CC(=O)O)c1ccccc1. The Hall–Kier alpha value is -1.89.